The molecule has 0 saturated heterocycles. The van der Waals surface area contributed by atoms with E-state index in [-0.39, 0.29) is 12.7 Å². The molecular formula is C23H31NO5. The molecule has 2 aromatic carbocycles. The Labute approximate surface area is 172 Å². The lowest BCUT2D eigenvalue weighted by molar-refractivity contribution is -0.130. The van der Waals surface area contributed by atoms with E-state index >= 15 is 0 Å². The van der Waals surface area contributed by atoms with Gasteiger partial charge in [-0.1, -0.05) is 25.1 Å². The smallest absolute Gasteiger partial charge is 0.252 e. The number of aryl methyl sites for hydroxylation is 1. The van der Waals surface area contributed by atoms with E-state index in [1.54, 1.807) is 7.11 Å². The molecule has 0 aromatic heterocycles. The molecule has 0 aliphatic rings. The number of rotatable bonds is 11. The fourth-order valence-electron chi connectivity index (χ4n) is 2.74. The molecule has 2 rings (SSSR count). The van der Waals surface area contributed by atoms with Gasteiger partial charge < -0.3 is 24.6 Å². The molecule has 0 unspecified atom stereocenters. The number of ether oxygens (including phenoxy) is 3. The zero-order valence-electron chi connectivity index (χ0n) is 17.6. The third-order valence-electron chi connectivity index (χ3n) is 4.35. The highest BCUT2D eigenvalue weighted by Crippen LogP contribution is 2.29. The quantitative estimate of drug-likeness (QED) is 0.605. The van der Waals surface area contributed by atoms with Crippen LogP contribution in [0.1, 0.15) is 31.9 Å². The summed E-state index contributed by atoms with van der Waals surface area (Å²) in [6.45, 7) is 6.30. The Morgan fingerprint density at radius 1 is 1.07 bits per heavy atom. The summed E-state index contributed by atoms with van der Waals surface area (Å²) in [6.07, 6.45) is 0.389. The van der Waals surface area contributed by atoms with Crippen LogP contribution in [0.2, 0.25) is 0 Å². The highest BCUT2D eigenvalue weighted by atomic mass is 16.5. The first-order chi connectivity index (χ1) is 13.9. The van der Waals surface area contributed by atoms with Gasteiger partial charge in [0.05, 0.1) is 13.2 Å². The minimum Gasteiger partial charge on any atom is -0.493 e. The number of nitrogens with one attached hydrogen (secondary N) is 1. The van der Waals surface area contributed by atoms with Crippen LogP contribution in [0.5, 0.6) is 17.2 Å². The van der Waals surface area contributed by atoms with Crippen molar-refractivity contribution < 1.29 is 24.1 Å². The first-order valence-electron chi connectivity index (χ1n) is 9.94. The highest BCUT2D eigenvalue weighted by Gasteiger charge is 2.15. The van der Waals surface area contributed by atoms with E-state index in [2.05, 4.69) is 12.2 Å². The van der Waals surface area contributed by atoms with Crippen LogP contribution in [0.4, 0.5) is 0 Å². The Hall–Kier alpha value is -2.73. The molecule has 6 heteroatoms. The molecule has 0 saturated carbocycles. The number of aliphatic hydroxyl groups is 1. The fourth-order valence-corrected chi connectivity index (χ4v) is 2.74. The van der Waals surface area contributed by atoms with E-state index < -0.39 is 12.0 Å². The van der Waals surface area contributed by atoms with Crippen molar-refractivity contribution >= 4 is 5.91 Å². The van der Waals surface area contributed by atoms with Crippen molar-refractivity contribution in [1.82, 2.24) is 5.32 Å². The number of carbonyl (C=O) groups excluding carboxylic acids is 1. The van der Waals surface area contributed by atoms with Crippen LogP contribution in [-0.4, -0.2) is 43.5 Å². The lowest BCUT2D eigenvalue weighted by Gasteiger charge is -2.15. The van der Waals surface area contributed by atoms with Crippen molar-refractivity contribution in [1.29, 1.82) is 0 Å². The van der Waals surface area contributed by atoms with Crippen LogP contribution in [0.3, 0.4) is 0 Å². The van der Waals surface area contributed by atoms with Gasteiger partial charge in [-0.25, -0.2) is 0 Å². The molecule has 0 aliphatic heterocycles. The third kappa shape index (κ3) is 7.31. The summed E-state index contributed by atoms with van der Waals surface area (Å²) < 4.78 is 16.6. The largest absolute Gasteiger partial charge is 0.493 e. The van der Waals surface area contributed by atoms with Crippen LogP contribution < -0.4 is 19.5 Å². The second kappa shape index (κ2) is 11.3. The van der Waals surface area contributed by atoms with E-state index in [0.29, 0.717) is 30.2 Å². The van der Waals surface area contributed by atoms with E-state index in [1.807, 2.05) is 56.3 Å². The molecule has 2 N–H and O–H groups in total. The van der Waals surface area contributed by atoms with Crippen molar-refractivity contribution in [3.63, 3.8) is 0 Å². The molecule has 29 heavy (non-hydrogen) atoms. The van der Waals surface area contributed by atoms with Gasteiger partial charge in [-0.05, 0) is 62.1 Å². The molecular weight excluding hydrogens is 370 g/mol. The Morgan fingerprint density at radius 2 is 1.76 bits per heavy atom. The van der Waals surface area contributed by atoms with Gasteiger partial charge in [0.15, 0.2) is 17.6 Å². The van der Waals surface area contributed by atoms with Gasteiger partial charge in [0.1, 0.15) is 12.4 Å². The Kier molecular flexibility index (Phi) is 8.80. The Morgan fingerprint density at radius 3 is 2.38 bits per heavy atom. The number of hydrogen-bond donors (Lipinski definition) is 2. The van der Waals surface area contributed by atoms with Gasteiger partial charge in [0, 0.05) is 6.54 Å². The zero-order valence-corrected chi connectivity index (χ0v) is 17.6. The zero-order chi connectivity index (χ0) is 21.2. The van der Waals surface area contributed by atoms with Crippen molar-refractivity contribution in [3.8, 4) is 17.2 Å². The monoisotopic (exact) mass is 401 g/mol. The normalized spacial score (nSPS) is 11.8. The topological polar surface area (TPSA) is 77.0 Å². The van der Waals surface area contributed by atoms with Gasteiger partial charge in [-0.15, -0.1) is 0 Å². The van der Waals surface area contributed by atoms with E-state index in [1.165, 1.54) is 5.56 Å². The summed E-state index contributed by atoms with van der Waals surface area (Å²) in [4.78, 5) is 12.1. The molecule has 0 aliphatic carbocycles. The molecule has 0 fully saturated rings. The summed E-state index contributed by atoms with van der Waals surface area (Å²) in [5, 5.41) is 12.7. The van der Waals surface area contributed by atoms with Crippen molar-refractivity contribution in [3.05, 3.63) is 53.6 Å². The molecule has 2 aromatic rings. The maximum atomic E-state index is 12.1. The number of carbonyl (C=O) groups is 1. The van der Waals surface area contributed by atoms with Gasteiger partial charge >= 0.3 is 0 Å². The van der Waals surface area contributed by atoms with Crippen LogP contribution in [0.25, 0.3) is 0 Å². The van der Waals surface area contributed by atoms with Crippen LogP contribution in [0, 0.1) is 0 Å². The fraction of sp³-hybridized carbons (Fsp3) is 0.435. The summed E-state index contributed by atoms with van der Waals surface area (Å²) in [6, 6.07) is 13.3. The van der Waals surface area contributed by atoms with Gasteiger partial charge in [-0.3, -0.25) is 4.79 Å². The average molecular weight is 402 g/mol. The molecule has 1 amide bonds. The number of hydrogen-bond acceptors (Lipinski definition) is 5. The number of benzene rings is 2. The minimum atomic E-state index is -1.22. The first-order valence-corrected chi connectivity index (χ1v) is 9.94. The van der Waals surface area contributed by atoms with E-state index in [9.17, 15) is 9.90 Å². The summed E-state index contributed by atoms with van der Waals surface area (Å²) in [5.41, 5.74) is 2.20. The standard InChI is InChI=1S/C23H31NO5/c1-5-17-6-9-19(10-7-17)28-15-20(25)23(26)24-13-12-18-8-11-21(29-16(2)3)22(14-18)27-4/h6-11,14,16,20,25H,5,12-13,15H2,1-4H3,(H,24,26)/t20-/m1/s1. The Bertz CT molecular complexity index is 773. The summed E-state index contributed by atoms with van der Waals surface area (Å²) >= 11 is 0. The van der Waals surface area contributed by atoms with Crippen LogP contribution >= 0.6 is 0 Å². The second-order valence-corrected chi connectivity index (χ2v) is 7.02. The molecule has 0 bridgehead atoms. The first kappa shape index (κ1) is 22.6. The maximum absolute atomic E-state index is 12.1. The van der Waals surface area contributed by atoms with Gasteiger partial charge in [0.25, 0.3) is 5.91 Å². The van der Waals surface area contributed by atoms with Gasteiger partial charge in [0.2, 0.25) is 0 Å². The second-order valence-electron chi connectivity index (χ2n) is 7.02. The molecule has 158 valence electrons. The molecule has 0 radical (unpaired) electrons. The highest BCUT2D eigenvalue weighted by molar-refractivity contribution is 5.80. The van der Waals surface area contributed by atoms with Crippen LogP contribution in [-0.2, 0) is 17.6 Å². The van der Waals surface area contributed by atoms with Crippen molar-refractivity contribution in [2.75, 3.05) is 20.3 Å². The summed E-state index contributed by atoms with van der Waals surface area (Å²) in [5.74, 6) is 1.52. The Balaban J connectivity index is 1.77. The van der Waals surface area contributed by atoms with Gasteiger partial charge in [-0.2, -0.15) is 0 Å². The van der Waals surface area contributed by atoms with Crippen molar-refractivity contribution in [2.24, 2.45) is 0 Å². The lowest BCUT2D eigenvalue weighted by atomic mass is 10.1. The third-order valence-corrected chi connectivity index (χ3v) is 4.35. The minimum absolute atomic E-state index is 0.0577. The number of aliphatic hydroxyl groups excluding tert-OH is 1. The maximum Gasteiger partial charge on any atom is 0.252 e. The average Bonchev–Trinajstić information content (AvgIpc) is 2.72. The SMILES string of the molecule is CCc1ccc(OC[C@@H](O)C(=O)NCCc2ccc(OC(C)C)c(OC)c2)cc1. The van der Waals surface area contributed by atoms with E-state index in [0.717, 1.165) is 12.0 Å². The molecule has 6 nitrogen and oxygen atoms in total. The summed E-state index contributed by atoms with van der Waals surface area (Å²) in [7, 11) is 1.60. The van der Waals surface area contributed by atoms with Crippen LogP contribution in [0.15, 0.2) is 42.5 Å². The predicted octanol–water partition coefficient (Wildman–Crippen LogP) is 3.14. The molecule has 1 atom stereocenters. The molecule has 0 spiro atoms. The molecule has 0 heterocycles. The number of amides is 1. The predicted molar refractivity (Wildman–Crippen MR) is 113 cm³/mol. The van der Waals surface area contributed by atoms with E-state index in [4.69, 9.17) is 14.2 Å². The lowest BCUT2D eigenvalue weighted by Crippen LogP contribution is -2.39. The van der Waals surface area contributed by atoms with Crippen molar-refractivity contribution in [2.45, 2.75) is 45.8 Å². The number of methoxy groups -OCH3 is 1.